The molecule has 2 aliphatic rings. The number of aromatic nitrogens is 1. The molecule has 0 radical (unpaired) electrons. The summed E-state index contributed by atoms with van der Waals surface area (Å²) in [4.78, 5) is 29.4. The number of rotatable bonds is 2. The maximum absolute atomic E-state index is 12.9. The SMILES string of the molecule is COC(=O)C1c2c([nH]c3ccccc23)C2Nc3ccccc3C2C1C(=O)OC. The molecule has 2 N–H and O–H groups in total. The van der Waals surface area contributed by atoms with Crippen molar-refractivity contribution in [1.29, 1.82) is 0 Å². The maximum Gasteiger partial charge on any atom is 0.314 e. The number of hydrogen-bond acceptors (Lipinski definition) is 5. The molecule has 1 aromatic heterocycles. The number of ether oxygens (including phenoxy) is 2. The summed E-state index contributed by atoms with van der Waals surface area (Å²) < 4.78 is 10.3. The first kappa shape index (κ1) is 16.9. The third-order valence-electron chi connectivity index (χ3n) is 6.06. The van der Waals surface area contributed by atoms with E-state index in [0.29, 0.717) is 0 Å². The lowest BCUT2D eigenvalue weighted by atomic mass is 9.67. The van der Waals surface area contributed by atoms with Gasteiger partial charge in [-0.25, -0.2) is 0 Å². The van der Waals surface area contributed by atoms with E-state index in [-0.39, 0.29) is 12.0 Å². The van der Waals surface area contributed by atoms with Crippen LogP contribution < -0.4 is 5.32 Å². The number of aromatic amines is 1. The lowest BCUT2D eigenvalue weighted by Gasteiger charge is -2.37. The number of carbonyl (C=O) groups excluding carboxylic acids is 2. The van der Waals surface area contributed by atoms with Crippen LogP contribution in [0.25, 0.3) is 10.9 Å². The Kier molecular flexibility index (Phi) is 3.69. The van der Waals surface area contributed by atoms with E-state index in [1.165, 1.54) is 14.2 Å². The lowest BCUT2D eigenvalue weighted by Crippen LogP contribution is -2.40. The average molecular weight is 376 g/mol. The highest BCUT2D eigenvalue weighted by Gasteiger charge is 2.55. The minimum Gasteiger partial charge on any atom is -0.469 e. The number of methoxy groups -OCH3 is 2. The largest absolute Gasteiger partial charge is 0.469 e. The van der Waals surface area contributed by atoms with E-state index in [0.717, 1.165) is 33.4 Å². The summed E-state index contributed by atoms with van der Waals surface area (Å²) in [5.41, 5.74) is 4.67. The zero-order chi connectivity index (χ0) is 19.4. The summed E-state index contributed by atoms with van der Waals surface area (Å²) in [6.45, 7) is 0. The number of fused-ring (bicyclic) bond motifs is 7. The first-order valence-corrected chi connectivity index (χ1v) is 9.27. The fraction of sp³-hybridized carbons (Fsp3) is 0.273. The molecule has 0 bridgehead atoms. The Balaban J connectivity index is 1.83. The smallest absolute Gasteiger partial charge is 0.314 e. The Morgan fingerprint density at radius 3 is 2.43 bits per heavy atom. The van der Waals surface area contributed by atoms with Crippen LogP contribution in [0.1, 0.15) is 34.7 Å². The number of carbonyl (C=O) groups is 2. The number of benzene rings is 2. The van der Waals surface area contributed by atoms with E-state index < -0.39 is 23.8 Å². The first-order valence-electron chi connectivity index (χ1n) is 9.27. The van der Waals surface area contributed by atoms with Crippen LogP contribution in [0.15, 0.2) is 48.5 Å². The molecular formula is C22H20N2O4. The van der Waals surface area contributed by atoms with Crippen LogP contribution in [0.4, 0.5) is 5.69 Å². The van der Waals surface area contributed by atoms with Crippen molar-refractivity contribution < 1.29 is 19.1 Å². The molecule has 0 amide bonds. The monoisotopic (exact) mass is 376 g/mol. The molecule has 2 aromatic carbocycles. The predicted octanol–water partition coefficient (Wildman–Crippen LogP) is 3.48. The quantitative estimate of drug-likeness (QED) is 0.670. The Hall–Kier alpha value is -3.28. The average Bonchev–Trinajstić information content (AvgIpc) is 3.30. The van der Waals surface area contributed by atoms with Crippen LogP contribution in [0.5, 0.6) is 0 Å². The van der Waals surface area contributed by atoms with Gasteiger partial charge in [-0.15, -0.1) is 0 Å². The van der Waals surface area contributed by atoms with Gasteiger partial charge in [0.05, 0.1) is 32.1 Å². The summed E-state index contributed by atoms with van der Waals surface area (Å²) in [6.07, 6.45) is 0. The molecular weight excluding hydrogens is 356 g/mol. The van der Waals surface area contributed by atoms with Gasteiger partial charge in [0.1, 0.15) is 0 Å². The molecule has 28 heavy (non-hydrogen) atoms. The van der Waals surface area contributed by atoms with Crippen molar-refractivity contribution in [3.63, 3.8) is 0 Å². The number of hydrogen-bond donors (Lipinski definition) is 2. The second-order valence-corrected chi connectivity index (χ2v) is 7.28. The lowest BCUT2D eigenvalue weighted by molar-refractivity contribution is -0.155. The van der Waals surface area contributed by atoms with Crippen molar-refractivity contribution in [2.75, 3.05) is 19.5 Å². The number of H-pyrrole nitrogens is 1. The van der Waals surface area contributed by atoms with Crippen molar-refractivity contribution in [2.24, 2.45) is 5.92 Å². The molecule has 4 atom stereocenters. The normalized spacial score (nSPS) is 24.6. The van der Waals surface area contributed by atoms with Crippen molar-refractivity contribution in [3.8, 4) is 0 Å². The standard InChI is InChI=1S/C22H20N2O4/c1-27-21(25)17-15-11-7-3-5-9-13(11)23-19(15)20-16(18(17)22(26)28-2)12-8-4-6-10-14(12)24-20/h3-10,15,17-19,23-24H,1-2H3. The fourth-order valence-corrected chi connectivity index (χ4v) is 4.97. The molecule has 6 heteroatoms. The van der Waals surface area contributed by atoms with Gasteiger partial charge >= 0.3 is 11.9 Å². The van der Waals surface area contributed by atoms with Crippen LogP contribution in [0.3, 0.4) is 0 Å². The fourth-order valence-electron chi connectivity index (χ4n) is 4.97. The van der Waals surface area contributed by atoms with Crippen molar-refractivity contribution in [1.82, 2.24) is 4.98 Å². The first-order chi connectivity index (χ1) is 13.7. The summed E-state index contributed by atoms with van der Waals surface area (Å²) in [5.74, 6) is -2.47. The van der Waals surface area contributed by atoms with E-state index in [4.69, 9.17) is 9.47 Å². The molecule has 2 heterocycles. The molecule has 3 aromatic rings. The van der Waals surface area contributed by atoms with Crippen LogP contribution >= 0.6 is 0 Å². The summed E-state index contributed by atoms with van der Waals surface area (Å²) in [5, 5.41) is 4.48. The molecule has 6 nitrogen and oxygen atoms in total. The molecule has 4 unspecified atom stereocenters. The third-order valence-corrected chi connectivity index (χ3v) is 6.06. The van der Waals surface area contributed by atoms with E-state index in [1.807, 2.05) is 48.5 Å². The van der Waals surface area contributed by atoms with Gasteiger partial charge in [0, 0.05) is 28.2 Å². The molecule has 1 aliphatic heterocycles. The Morgan fingerprint density at radius 1 is 0.929 bits per heavy atom. The van der Waals surface area contributed by atoms with Gasteiger partial charge in [-0.3, -0.25) is 9.59 Å². The Bertz CT molecular complexity index is 1100. The van der Waals surface area contributed by atoms with Gasteiger partial charge in [0.15, 0.2) is 0 Å². The van der Waals surface area contributed by atoms with E-state index in [1.54, 1.807) is 0 Å². The third kappa shape index (κ3) is 2.14. The predicted molar refractivity (Wildman–Crippen MR) is 104 cm³/mol. The Morgan fingerprint density at radius 2 is 1.64 bits per heavy atom. The molecule has 0 saturated heterocycles. The van der Waals surface area contributed by atoms with Crippen LogP contribution in [-0.4, -0.2) is 31.1 Å². The van der Waals surface area contributed by atoms with E-state index in [2.05, 4.69) is 10.3 Å². The molecule has 0 spiro atoms. The summed E-state index contributed by atoms with van der Waals surface area (Å²) in [7, 11) is 2.73. The minimum absolute atomic E-state index is 0.148. The molecule has 1 aliphatic carbocycles. The van der Waals surface area contributed by atoms with Crippen LogP contribution in [0, 0.1) is 5.92 Å². The second-order valence-electron chi connectivity index (χ2n) is 7.28. The zero-order valence-electron chi connectivity index (χ0n) is 15.6. The number of nitrogens with one attached hydrogen (secondary N) is 2. The van der Waals surface area contributed by atoms with Crippen LogP contribution in [0.2, 0.25) is 0 Å². The maximum atomic E-state index is 12.9. The van der Waals surface area contributed by atoms with Crippen molar-refractivity contribution in [2.45, 2.75) is 17.9 Å². The summed E-state index contributed by atoms with van der Waals surface area (Å²) in [6, 6.07) is 15.6. The zero-order valence-corrected chi connectivity index (χ0v) is 15.6. The Labute approximate surface area is 161 Å². The molecule has 0 fully saturated rings. The molecule has 142 valence electrons. The molecule has 5 rings (SSSR count). The number of para-hydroxylation sites is 2. The van der Waals surface area contributed by atoms with E-state index >= 15 is 0 Å². The van der Waals surface area contributed by atoms with E-state index in [9.17, 15) is 9.59 Å². The number of anilines is 1. The van der Waals surface area contributed by atoms with Gasteiger partial charge in [0.25, 0.3) is 0 Å². The minimum atomic E-state index is -0.738. The summed E-state index contributed by atoms with van der Waals surface area (Å²) >= 11 is 0. The topological polar surface area (TPSA) is 80.4 Å². The van der Waals surface area contributed by atoms with Gasteiger partial charge in [0.2, 0.25) is 0 Å². The van der Waals surface area contributed by atoms with Gasteiger partial charge < -0.3 is 19.8 Å². The van der Waals surface area contributed by atoms with Gasteiger partial charge in [-0.2, -0.15) is 0 Å². The highest BCUT2D eigenvalue weighted by molar-refractivity contribution is 5.96. The highest BCUT2D eigenvalue weighted by atomic mass is 16.5. The highest BCUT2D eigenvalue weighted by Crippen LogP contribution is 2.58. The van der Waals surface area contributed by atoms with Crippen LogP contribution in [-0.2, 0) is 19.1 Å². The number of esters is 2. The van der Waals surface area contributed by atoms with Gasteiger partial charge in [-0.05, 0) is 23.3 Å². The van der Waals surface area contributed by atoms with Gasteiger partial charge in [-0.1, -0.05) is 36.4 Å². The van der Waals surface area contributed by atoms with Crippen molar-refractivity contribution in [3.05, 3.63) is 65.4 Å². The van der Waals surface area contributed by atoms with Crippen molar-refractivity contribution >= 4 is 28.5 Å². The molecule has 0 saturated carbocycles. The second kappa shape index (κ2) is 6.12.